The van der Waals surface area contributed by atoms with Crippen LogP contribution in [0.3, 0.4) is 0 Å². The molecule has 26 heavy (non-hydrogen) atoms. The van der Waals surface area contributed by atoms with Crippen LogP contribution >= 0.6 is 0 Å². The lowest BCUT2D eigenvalue weighted by atomic mass is 10.2. The Morgan fingerprint density at radius 2 is 1.23 bits per heavy atom. The van der Waals surface area contributed by atoms with E-state index in [9.17, 15) is 9.59 Å². The Bertz CT molecular complexity index is 638. The van der Waals surface area contributed by atoms with Crippen LogP contribution in [-0.4, -0.2) is 24.9 Å². The van der Waals surface area contributed by atoms with Gasteiger partial charge in [0.2, 0.25) is 11.8 Å². The minimum atomic E-state index is -0.128. The first-order valence-electron chi connectivity index (χ1n) is 8.73. The minimum absolute atomic E-state index is 0.128. The monoisotopic (exact) mass is 356 g/mol. The van der Waals surface area contributed by atoms with E-state index in [2.05, 4.69) is 10.6 Å². The number of hydrogen-bond donors (Lipinski definition) is 2. The highest BCUT2D eigenvalue weighted by Crippen LogP contribution is 2.03. The van der Waals surface area contributed by atoms with E-state index in [0.717, 1.165) is 25.7 Å². The molecule has 6 nitrogen and oxygen atoms in total. The molecule has 0 atom stereocenters. The Morgan fingerprint density at radius 3 is 1.62 bits per heavy atom. The predicted molar refractivity (Wildman–Crippen MR) is 100.0 cm³/mol. The molecule has 2 rings (SSSR count). The Balaban J connectivity index is 1.43. The van der Waals surface area contributed by atoms with Gasteiger partial charge in [-0.3, -0.25) is 9.59 Å². The number of carbonyl (C=O) groups excluding carboxylic acids is 2. The molecule has 0 bridgehead atoms. The van der Waals surface area contributed by atoms with Gasteiger partial charge in [-0.15, -0.1) is 0 Å². The van der Waals surface area contributed by atoms with Gasteiger partial charge in [-0.2, -0.15) is 0 Å². The van der Waals surface area contributed by atoms with Crippen molar-refractivity contribution in [3.63, 3.8) is 0 Å². The second-order valence-corrected chi connectivity index (χ2v) is 5.69. The van der Waals surface area contributed by atoms with Gasteiger partial charge in [-0.05, 0) is 49.3 Å². The Labute approximate surface area is 153 Å². The number of carbonyl (C=O) groups is 2. The average molecular weight is 356 g/mol. The van der Waals surface area contributed by atoms with Crippen LogP contribution in [-0.2, 0) is 9.59 Å². The quantitative estimate of drug-likeness (QED) is 0.477. The van der Waals surface area contributed by atoms with Crippen molar-refractivity contribution < 1.29 is 18.4 Å². The van der Waals surface area contributed by atoms with Crippen LogP contribution in [0, 0.1) is 0 Å². The molecule has 2 amide bonds. The number of unbranched alkanes of at least 4 members (excludes halogenated alkanes) is 3. The molecule has 6 heteroatoms. The van der Waals surface area contributed by atoms with E-state index >= 15 is 0 Å². The summed E-state index contributed by atoms with van der Waals surface area (Å²) in [6.07, 6.45) is 13.1. The van der Waals surface area contributed by atoms with E-state index in [-0.39, 0.29) is 11.8 Å². The van der Waals surface area contributed by atoms with E-state index in [4.69, 9.17) is 8.83 Å². The fourth-order valence-electron chi connectivity index (χ4n) is 2.23. The summed E-state index contributed by atoms with van der Waals surface area (Å²) >= 11 is 0. The molecule has 2 N–H and O–H groups in total. The zero-order chi connectivity index (χ0) is 18.5. The number of hydrogen-bond acceptors (Lipinski definition) is 4. The van der Waals surface area contributed by atoms with E-state index in [0.29, 0.717) is 24.6 Å². The van der Waals surface area contributed by atoms with Crippen LogP contribution in [0.25, 0.3) is 12.2 Å². The lowest BCUT2D eigenvalue weighted by Crippen LogP contribution is -2.23. The fraction of sp³-hybridized carbons (Fsp3) is 0.300. The van der Waals surface area contributed by atoms with Crippen molar-refractivity contribution >= 4 is 24.0 Å². The van der Waals surface area contributed by atoms with Crippen molar-refractivity contribution in [2.45, 2.75) is 25.7 Å². The first kappa shape index (κ1) is 19.3. The molecule has 2 heterocycles. The zero-order valence-corrected chi connectivity index (χ0v) is 14.6. The van der Waals surface area contributed by atoms with Gasteiger partial charge in [0, 0.05) is 25.2 Å². The number of rotatable bonds is 11. The smallest absolute Gasteiger partial charge is 0.244 e. The minimum Gasteiger partial charge on any atom is -0.465 e. The van der Waals surface area contributed by atoms with Crippen molar-refractivity contribution in [1.29, 1.82) is 0 Å². The highest BCUT2D eigenvalue weighted by atomic mass is 16.3. The Hall–Kier alpha value is -3.02. The molecular weight excluding hydrogens is 332 g/mol. The first-order chi connectivity index (χ1) is 12.7. The SMILES string of the molecule is O=C(/C=C/c1ccco1)NCCCCCCNC(=O)/C=C/c1ccco1. The second-order valence-electron chi connectivity index (χ2n) is 5.69. The molecule has 0 fully saturated rings. The molecule has 0 aliphatic carbocycles. The van der Waals surface area contributed by atoms with Crippen molar-refractivity contribution in [3.05, 3.63) is 60.5 Å². The summed E-state index contributed by atoms with van der Waals surface area (Å²) in [6, 6.07) is 7.12. The van der Waals surface area contributed by atoms with Gasteiger partial charge in [-0.1, -0.05) is 12.8 Å². The van der Waals surface area contributed by atoms with Gasteiger partial charge in [-0.25, -0.2) is 0 Å². The van der Waals surface area contributed by atoms with Crippen LogP contribution in [0.4, 0.5) is 0 Å². The number of furan rings is 2. The maximum Gasteiger partial charge on any atom is 0.244 e. The molecule has 0 aromatic carbocycles. The molecule has 0 aliphatic rings. The molecule has 0 spiro atoms. The van der Waals surface area contributed by atoms with Gasteiger partial charge in [0.15, 0.2) is 0 Å². The molecule has 0 saturated carbocycles. The molecule has 138 valence electrons. The van der Waals surface area contributed by atoms with Crippen LogP contribution < -0.4 is 10.6 Å². The third-order valence-electron chi connectivity index (χ3n) is 3.59. The summed E-state index contributed by atoms with van der Waals surface area (Å²) in [4.78, 5) is 23.2. The molecule has 0 unspecified atom stereocenters. The van der Waals surface area contributed by atoms with Crippen LogP contribution in [0.15, 0.2) is 57.8 Å². The summed E-state index contributed by atoms with van der Waals surface area (Å²) in [6.45, 7) is 1.28. The Kier molecular flexibility index (Phi) is 8.55. The van der Waals surface area contributed by atoms with Crippen LogP contribution in [0.2, 0.25) is 0 Å². The molecule has 2 aromatic rings. The maximum atomic E-state index is 11.6. The number of nitrogens with one attached hydrogen (secondary N) is 2. The lowest BCUT2D eigenvalue weighted by molar-refractivity contribution is -0.117. The standard InChI is InChI=1S/C20H24N2O4/c23-19(11-9-17-7-5-15-25-17)21-13-3-1-2-4-14-22-20(24)12-10-18-8-6-16-26-18/h5-12,15-16H,1-4,13-14H2,(H,21,23)(H,22,24)/b11-9+,12-10+. The van der Waals surface area contributed by atoms with Gasteiger partial charge >= 0.3 is 0 Å². The summed E-state index contributed by atoms with van der Waals surface area (Å²) in [5, 5.41) is 5.66. The Morgan fingerprint density at radius 1 is 0.769 bits per heavy atom. The van der Waals surface area contributed by atoms with Gasteiger partial charge in [0.05, 0.1) is 12.5 Å². The van der Waals surface area contributed by atoms with Crippen molar-refractivity contribution in [3.8, 4) is 0 Å². The largest absolute Gasteiger partial charge is 0.465 e. The predicted octanol–water partition coefficient (Wildman–Crippen LogP) is 3.39. The third kappa shape index (κ3) is 8.19. The molecule has 0 aliphatic heterocycles. The molecule has 2 aromatic heterocycles. The normalized spacial score (nSPS) is 11.2. The highest BCUT2D eigenvalue weighted by Gasteiger charge is 1.98. The van der Waals surface area contributed by atoms with Gasteiger partial charge in [0.1, 0.15) is 11.5 Å². The average Bonchev–Trinajstić information content (AvgIpc) is 3.34. The van der Waals surface area contributed by atoms with Gasteiger partial charge in [0.25, 0.3) is 0 Å². The zero-order valence-electron chi connectivity index (χ0n) is 14.6. The topological polar surface area (TPSA) is 84.5 Å². The second kappa shape index (κ2) is 11.5. The fourth-order valence-corrected chi connectivity index (χ4v) is 2.23. The summed E-state index contributed by atoms with van der Waals surface area (Å²) < 4.78 is 10.2. The van der Waals surface area contributed by atoms with E-state index < -0.39 is 0 Å². The van der Waals surface area contributed by atoms with Crippen molar-refractivity contribution in [2.24, 2.45) is 0 Å². The third-order valence-corrected chi connectivity index (χ3v) is 3.59. The summed E-state index contributed by atoms with van der Waals surface area (Å²) in [5.74, 6) is 1.05. The molecular formula is C20H24N2O4. The maximum absolute atomic E-state index is 11.6. The highest BCUT2D eigenvalue weighted by molar-refractivity contribution is 5.91. The molecule has 0 radical (unpaired) electrons. The number of amides is 2. The van der Waals surface area contributed by atoms with Crippen LogP contribution in [0.1, 0.15) is 37.2 Å². The molecule has 0 saturated heterocycles. The van der Waals surface area contributed by atoms with Crippen molar-refractivity contribution in [2.75, 3.05) is 13.1 Å². The summed E-state index contributed by atoms with van der Waals surface area (Å²) in [5.41, 5.74) is 0. The van der Waals surface area contributed by atoms with E-state index in [1.165, 1.54) is 12.2 Å². The van der Waals surface area contributed by atoms with E-state index in [1.54, 1.807) is 48.9 Å². The van der Waals surface area contributed by atoms with Gasteiger partial charge < -0.3 is 19.5 Å². The van der Waals surface area contributed by atoms with E-state index in [1.807, 2.05) is 0 Å². The first-order valence-corrected chi connectivity index (χ1v) is 8.73. The lowest BCUT2D eigenvalue weighted by Gasteiger charge is -2.04. The summed E-state index contributed by atoms with van der Waals surface area (Å²) in [7, 11) is 0. The van der Waals surface area contributed by atoms with Crippen LogP contribution in [0.5, 0.6) is 0 Å². The van der Waals surface area contributed by atoms with Crippen molar-refractivity contribution in [1.82, 2.24) is 10.6 Å².